The Kier molecular flexibility index (Phi) is 6.01. The molecule has 8 heteroatoms. The van der Waals surface area contributed by atoms with Gasteiger partial charge in [-0.15, -0.1) is 0 Å². The largest absolute Gasteiger partial charge is 0.496 e. The van der Waals surface area contributed by atoms with Crippen molar-refractivity contribution >= 4 is 50.9 Å². The lowest BCUT2D eigenvalue weighted by Crippen LogP contribution is -2.47. The molecule has 0 N–H and O–H groups in total. The van der Waals surface area contributed by atoms with Gasteiger partial charge in [-0.2, -0.15) is 5.26 Å². The third kappa shape index (κ3) is 3.80. The van der Waals surface area contributed by atoms with E-state index >= 15 is 0 Å². The van der Waals surface area contributed by atoms with E-state index in [1.165, 1.54) is 11.8 Å². The Morgan fingerprint density at radius 2 is 2.10 bits per heavy atom. The van der Waals surface area contributed by atoms with Crippen molar-refractivity contribution in [3.63, 3.8) is 0 Å². The number of allylic oxidation sites excluding steroid dienone is 1. The van der Waals surface area contributed by atoms with E-state index in [4.69, 9.17) is 16.3 Å². The van der Waals surface area contributed by atoms with Gasteiger partial charge in [0.2, 0.25) is 5.91 Å². The number of anilines is 1. The predicted octanol–water partition coefficient (Wildman–Crippen LogP) is 5.64. The van der Waals surface area contributed by atoms with Gasteiger partial charge in [-0.25, -0.2) is 0 Å². The minimum absolute atomic E-state index is 0.00793. The molecule has 1 fully saturated rings. The first-order valence-corrected chi connectivity index (χ1v) is 11.5. The highest BCUT2D eigenvalue weighted by Gasteiger charge is 2.39. The van der Waals surface area contributed by atoms with Crippen LogP contribution in [-0.4, -0.2) is 30.5 Å². The minimum Gasteiger partial charge on any atom is -0.496 e. The van der Waals surface area contributed by atoms with E-state index in [2.05, 4.69) is 26.9 Å². The van der Waals surface area contributed by atoms with Crippen molar-refractivity contribution in [1.82, 2.24) is 4.90 Å². The summed E-state index contributed by atoms with van der Waals surface area (Å²) < 4.78 is 6.39. The topological polar surface area (TPSA) is 56.6 Å². The Hall–Kier alpha value is -2.14. The summed E-state index contributed by atoms with van der Waals surface area (Å²) in [6.45, 7) is 2.36. The summed E-state index contributed by atoms with van der Waals surface area (Å²) in [5.41, 5.74) is 3.42. The SMILES string of the molecule is COc1ccc(Br)cc1[C@H]1CC(=O)N2CN(c3ccc(C)c(Cl)c3)CSC2=C1C#N. The molecule has 0 aromatic heterocycles. The average molecular weight is 505 g/mol. The van der Waals surface area contributed by atoms with Gasteiger partial charge in [0.25, 0.3) is 0 Å². The van der Waals surface area contributed by atoms with Crippen molar-refractivity contribution in [2.75, 3.05) is 24.6 Å². The number of rotatable bonds is 3. The third-order valence-corrected chi connectivity index (χ3v) is 7.44. The maximum atomic E-state index is 13.1. The summed E-state index contributed by atoms with van der Waals surface area (Å²) in [7, 11) is 1.60. The third-order valence-electron chi connectivity index (χ3n) is 5.38. The quantitative estimate of drug-likeness (QED) is 0.541. The molecule has 0 unspecified atom stereocenters. The van der Waals surface area contributed by atoms with Gasteiger partial charge in [-0.05, 0) is 42.8 Å². The van der Waals surface area contributed by atoms with Crippen LogP contribution in [0.15, 0.2) is 51.5 Å². The molecule has 2 aliphatic rings. The van der Waals surface area contributed by atoms with Crippen LogP contribution in [0.5, 0.6) is 5.75 Å². The van der Waals surface area contributed by atoms with Crippen LogP contribution in [0.1, 0.15) is 23.5 Å². The van der Waals surface area contributed by atoms with E-state index in [1.807, 2.05) is 43.3 Å². The second-order valence-electron chi connectivity index (χ2n) is 7.18. The van der Waals surface area contributed by atoms with E-state index < -0.39 is 0 Å². The van der Waals surface area contributed by atoms with Gasteiger partial charge < -0.3 is 9.64 Å². The first kappa shape index (κ1) is 21.1. The zero-order valence-corrected chi connectivity index (χ0v) is 19.6. The number of benzene rings is 2. The first-order chi connectivity index (χ1) is 14.4. The molecule has 0 aliphatic carbocycles. The number of hydrogen-bond acceptors (Lipinski definition) is 5. The van der Waals surface area contributed by atoms with Gasteiger partial charge in [-0.1, -0.05) is 45.4 Å². The van der Waals surface area contributed by atoms with Crippen LogP contribution in [-0.2, 0) is 4.79 Å². The molecule has 5 nitrogen and oxygen atoms in total. The lowest BCUT2D eigenvalue weighted by molar-refractivity contribution is -0.129. The smallest absolute Gasteiger partial charge is 0.229 e. The molecule has 2 aliphatic heterocycles. The molecule has 1 amide bonds. The van der Waals surface area contributed by atoms with Crippen LogP contribution in [0.4, 0.5) is 5.69 Å². The van der Waals surface area contributed by atoms with Gasteiger partial charge in [-0.3, -0.25) is 9.69 Å². The first-order valence-electron chi connectivity index (χ1n) is 9.35. The van der Waals surface area contributed by atoms with Gasteiger partial charge in [0.1, 0.15) is 5.75 Å². The summed E-state index contributed by atoms with van der Waals surface area (Å²) in [4.78, 5) is 16.9. The van der Waals surface area contributed by atoms with Gasteiger partial charge in [0.05, 0.1) is 36.3 Å². The van der Waals surface area contributed by atoms with E-state index in [9.17, 15) is 10.1 Å². The van der Waals surface area contributed by atoms with Crippen molar-refractivity contribution in [3.05, 3.63) is 67.6 Å². The molecule has 0 saturated carbocycles. The fourth-order valence-electron chi connectivity index (χ4n) is 3.75. The van der Waals surface area contributed by atoms with Crippen LogP contribution < -0.4 is 9.64 Å². The number of halogens is 2. The molecule has 0 bridgehead atoms. The highest BCUT2D eigenvalue weighted by Crippen LogP contribution is 2.45. The van der Waals surface area contributed by atoms with Gasteiger partial charge in [0, 0.05) is 33.1 Å². The van der Waals surface area contributed by atoms with Crippen LogP contribution in [0.3, 0.4) is 0 Å². The molecule has 2 aromatic carbocycles. The maximum absolute atomic E-state index is 13.1. The predicted molar refractivity (Wildman–Crippen MR) is 124 cm³/mol. The summed E-state index contributed by atoms with van der Waals surface area (Å²) >= 11 is 11.3. The summed E-state index contributed by atoms with van der Waals surface area (Å²) in [6.07, 6.45) is 0.224. The molecule has 1 atom stereocenters. The van der Waals surface area contributed by atoms with E-state index in [0.717, 1.165) is 26.3 Å². The van der Waals surface area contributed by atoms with Crippen molar-refractivity contribution in [1.29, 1.82) is 5.26 Å². The average Bonchev–Trinajstić information content (AvgIpc) is 2.75. The number of aryl methyl sites for hydroxylation is 1. The monoisotopic (exact) mass is 503 g/mol. The lowest BCUT2D eigenvalue weighted by Gasteiger charge is -2.42. The van der Waals surface area contributed by atoms with Gasteiger partial charge >= 0.3 is 0 Å². The second kappa shape index (κ2) is 8.54. The Morgan fingerprint density at radius 1 is 1.30 bits per heavy atom. The molecule has 0 spiro atoms. The Labute approximate surface area is 193 Å². The highest BCUT2D eigenvalue weighted by atomic mass is 79.9. The van der Waals surface area contributed by atoms with Crippen LogP contribution >= 0.6 is 39.3 Å². The normalized spacial score (nSPS) is 18.9. The summed E-state index contributed by atoms with van der Waals surface area (Å²) in [5.74, 6) is 0.974. The van der Waals surface area contributed by atoms with Crippen LogP contribution in [0.2, 0.25) is 5.02 Å². The Bertz CT molecular complexity index is 1100. The molecule has 2 aromatic rings. The van der Waals surface area contributed by atoms with E-state index in [0.29, 0.717) is 28.9 Å². The summed E-state index contributed by atoms with van der Waals surface area (Å²) in [6, 6.07) is 13.9. The van der Waals surface area contributed by atoms with Crippen LogP contribution in [0.25, 0.3) is 0 Å². The number of ether oxygens (including phenoxy) is 1. The number of carbonyl (C=O) groups excluding carboxylic acids is 1. The maximum Gasteiger partial charge on any atom is 0.229 e. The molecular formula is C22H19BrClN3O2S. The van der Waals surface area contributed by atoms with Crippen molar-refractivity contribution < 1.29 is 9.53 Å². The number of fused-ring (bicyclic) bond motifs is 1. The highest BCUT2D eigenvalue weighted by molar-refractivity contribution is 9.10. The van der Waals surface area contributed by atoms with Crippen molar-refractivity contribution in [3.8, 4) is 11.8 Å². The zero-order valence-electron chi connectivity index (χ0n) is 16.5. The number of amides is 1. The number of carbonyl (C=O) groups is 1. The Balaban J connectivity index is 1.70. The minimum atomic E-state index is -0.325. The standard InChI is InChI=1S/C22H19BrClN3O2S/c1-13-3-5-15(8-19(13)24)26-11-27-21(28)9-16(18(10-25)22(27)30-12-26)17-7-14(23)4-6-20(17)29-2/h3-8,16H,9,11-12H2,1-2H3/t16-/m1/s1. The number of nitrogens with zero attached hydrogens (tertiary/aromatic N) is 3. The van der Waals surface area contributed by atoms with Crippen LogP contribution in [0, 0.1) is 18.3 Å². The molecule has 30 heavy (non-hydrogen) atoms. The van der Waals surface area contributed by atoms with E-state index in [1.54, 1.807) is 12.0 Å². The van der Waals surface area contributed by atoms with Gasteiger partial charge in [0.15, 0.2) is 0 Å². The second-order valence-corrected chi connectivity index (χ2v) is 9.44. The molecule has 4 rings (SSSR count). The fraction of sp³-hybridized carbons (Fsp3) is 0.273. The Morgan fingerprint density at radius 3 is 2.80 bits per heavy atom. The van der Waals surface area contributed by atoms with E-state index in [-0.39, 0.29) is 18.2 Å². The van der Waals surface area contributed by atoms with Crippen molar-refractivity contribution in [2.24, 2.45) is 0 Å². The number of hydrogen-bond donors (Lipinski definition) is 0. The summed E-state index contributed by atoms with van der Waals surface area (Å²) in [5, 5.41) is 11.4. The number of nitriles is 1. The molecular weight excluding hydrogens is 486 g/mol. The fourth-order valence-corrected chi connectivity index (χ4v) is 5.47. The molecule has 0 radical (unpaired) electrons. The number of methoxy groups -OCH3 is 1. The lowest BCUT2D eigenvalue weighted by atomic mass is 9.86. The van der Waals surface area contributed by atoms with Crippen molar-refractivity contribution in [2.45, 2.75) is 19.3 Å². The zero-order chi connectivity index (χ0) is 21.4. The number of thioether (sulfide) groups is 1. The molecule has 1 saturated heterocycles. The molecule has 2 heterocycles. The molecule has 154 valence electrons.